The normalized spacial score (nSPS) is 11.9. The molecule has 0 aliphatic carbocycles. The third-order valence-electron chi connectivity index (χ3n) is 3.11. The second-order valence-electron chi connectivity index (χ2n) is 4.89. The summed E-state index contributed by atoms with van der Waals surface area (Å²) in [6, 6.07) is 14.0. The Labute approximate surface area is 138 Å². The molecule has 0 amide bonds. The molecule has 0 spiro atoms. The molecule has 0 aliphatic rings. The Balaban J connectivity index is 2.08. The van der Waals surface area contributed by atoms with Crippen LogP contribution in [0.2, 0.25) is 5.02 Å². The predicted molar refractivity (Wildman–Crippen MR) is 88.9 cm³/mol. The molecule has 1 atom stereocenters. The largest absolute Gasteiger partial charge is 0.480 e. The van der Waals surface area contributed by atoms with Gasteiger partial charge in [-0.2, -0.15) is 0 Å². The van der Waals surface area contributed by atoms with Crippen molar-refractivity contribution in [2.75, 3.05) is 0 Å². The van der Waals surface area contributed by atoms with E-state index >= 15 is 0 Å². The van der Waals surface area contributed by atoms with Gasteiger partial charge in [0.1, 0.15) is 5.25 Å². The monoisotopic (exact) mass is 334 g/mol. The molecule has 0 aromatic heterocycles. The minimum Gasteiger partial charge on any atom is -0.480 e. The van der Waals surface area contributed by atoms with Crippen molar-refractivity contribution in [3.63, 3.8) is 0 Å². The number of rotatable bonds is 6. The van der Waals surface area contributed by atoms with E-state index in [0.717, 1.165) is 10.5 Å². The summed E-state index contributed by atoms with van der Waals surface area (Å²) in [5.41, 5.74) is 1.58. The van der Waals surface area contributed by atoms with Crippen LogP contribution in [0.1, 0.15) is 22.3 Å². The third kappa shape index (κ3) is 4.61. The minimum atomic E-state index is -0.993. The van der Waals surface area contributed by atoms with Crippen LogP contribution in [0.15, 0.2) is 53.4 Å². The van der Waals surface area contributed by atoms with E-state index < -0.39 is 11.2 Å². The molecule has 0 fully saturated rings. The zero-order chi connectivity index (χ0) is 16.1. The molecule has 2 aromatic carbocycles. The Bertz CT molecular complexity index is 665. The van der Waals surface area contributed by atoms with E-state index in [9.17, 15) is 14.7 Å². The first-order valence-electron chi connectivity index (χ1n) is 6.70. The molecule has 1 N–H and O–H groups in total. The smallest absolute Gasteiger partial charge is 0.317 e. The molecule has 0 saturated heterocycles. The molecule has 2 aromatic rings. The van der Waals surface area contributed by atoms with Gasteiger partial charge in [0.15, 0.2) is 5.78 Å². The van der Waals surface area contributed by atoms with Gasteiger partial charge in [-0.05, 0) is 43.3 Å². The van der Waals surface area contributed by atoms with E-state index in [0.29, 0.717) is 10.6 Å². The van der Waals surface area contributed by atoms with Crippen molar-refractivity contribution in [3.05, 3.63) is 64.7 Å². The van der Waals surface area contributed by atoms with E-state index in [1.165, 1.54) is 11.8 Å². The van der Waals surface area contributed by atoms with Gasteiger partial charge >= 0.3 is 5.97 Å². The van der Waals surface area contributed by atoms with Gasteiger partial charge in [-0.1, -0.05) is 29.3 Å². The molecule has 5 heteroatoms. The zero-order valence-corrected chi connectivity index (χ0v) is 13.5. The molecular formula is C17H15ClO3S. The van der Waals surface area contributed by atoms with Crippen LogP contribution in [0.3, 0.4) is 0 Å². The molecule has 2 rings (SSSR count). The second-order valence-corrected chi connectivity index (χ2v) is 6.60. The number of hydrogen-bond donors (Lipinski definition) is 1. The van der Waals surface area contributed by atoms with Gasteiger partial charge in [0, 0.05) is 21.9 Å². The molecule has 3 nitrogen and oxygen atoms in total. The minimum absolute atomic E-state index is 0.0600. The Morgan fingerprint density at radius 1 is 1.09 bits per heavy atom. The summed E-state index contributed by atoms with van der Waals surface area (Å²) in [5.74, 6) is -1.20. The van der Waals surface area contributed by atoms with E-state index in [2.05, 4.69) is 0 Å². The maximum atomic E-state index is 12.2. The van der Waals surface area contributed by atoms with Gasteiger partial charge < -0.3 is 5.11 Å². The summed E-state index contributed by atoms with van der Waals surface area (Å²) in [5, 5.41) is 9.06. The molecule has 0 bridgehead atoms. The summed E-state index contributed by atoms with van der Waals surface area (Å²) in [6.07, 6.45) is -0.0600. The van der Waals surface area contributed by atoms with Crippen molar-refractivity contribution >= 4 is 35.1 Å². The highest BCUT2D eigenvalue weighted by Gasteiger charge is 2.23. The highest BCUT2D eigenvalue weighted by atomic mass is 35.5. The van der Waals surface area contributed by atoms with Gasteiger partial charge in [0.05, 0.1) is 0 Å². The Morgan fingerprint density at radius 2 is 1.68 bits per heavy atom. The van der Waals surface area contributed by atoms with E-state index in [-0.39, 0.29) is 12.2 Å². The maximum absolute atomic E-state index is 12.2. The molecule has 0 unspecified atom stereocenters. The first-order valence-corrected chi connectivity index (χ1v) is 7.96. The fraction of sp³-hybridized carbons (Fsp3) is 0.176. The Morgan fingerprint density at radius 3 is 2.23 bits per heavy atom. The van der Waals surface area contributed by atoms with Crippen molar-refractivity contribution in [2.45, 2.75) is 23.5 Å². The number of Topliss-reactive ketones (excluding diaryl/α,β-unsaturated/α-hetero) is 1. The lowest BCUT2D eigenvalue weighted by atomic mass is 10.1. The molecule has 0 aliphatic heterocycles. The van der Waals surface area contributed by atoms with Crippen molar-refractivity contribution < 1.29 is 14.7 Å². The van der Waals surface area contributed by atoms with Crippen molar-refractivity contribution in [1.82, 2.24) is 0 Å². The maximum Gasteiger partial charge on any atom is 0.317 e. The number of halogens is 1. The average Bonchev–Trinajstić information content (AvgIpc) is 2.49. The molecule has 22 heavy (non-hydrogen) atoms. The number of thioether (sulfide) groups is 1. The topological polar surface area (TPSA) is 54.4 Å². The zero-order valence-electron chi connectivity index (χ0n) is 12.0. The first kappa shape index (κ1) is 16.6. The number of aryl methyl sites for hydroxylation is 1. The van der Waals surface area contributed by atoms with Crippen LogP contribution in [0.4, 0.5) is 0 Å². The lowest BCUT2D eigenvalue weighted by molar-refractivity contribution is -0.136. The van der Waals surface area contributed by atoms with Gasteiger partial charge in [-0.15, -0.1) is 11.8 Å². The average molecular weight is 335 g/mol. The van der Waals surface area contributed by atoms with Gasteiger partial charge in [-0.25, -0.2) is 0 Å². The van der Waals surface area contributed by atoms with Crippen LogP contribution in [0.25, 0.3) is 0 Å². The number of carbonyl (C=O) groups is 2. The molecule has 114 valence electrons. The van der Waals surface area contributed by atoms with E-state index in [4.69, 9.17) is 11.6 Å². The Hall–Kier alpha value is -1.78. The third-order valence-corrected chi connectivity index (χ3v) is 4.56. The van der Waals surface area contributed by atoms with Crippen LogP contribution in [-0.4, -0.2) is 22.1 Å². The van der Waals surface area contributed by atoms with E-state index in [1.54, 1.807) is 24.3 Å². The molecular weight excluding hydrogens is 320 g/mol. The second kappa shape index (κ2) is 7.47. The summed E-state index contributed by atoms with van der Waals surface area (Å²) in [6.45, 7) is 1.97. The van der Waals surface area contributed by atoms with Crippen molar-refractivity contribution in [3.8, 4) is 0 Å². The fourth-order valence-corrected chi connectivity index (χ4v) is 2.97. The number of carboxylic acids is 1. The number of benzene rings is 2. The lowest BCUT2D eigenvalue weighted by Gasteiger charge is -2.11. The fourth-order valence-electron chi connectivity index (χ4n) is 1.88. The first-order chi connectivity index (χ1) is 10.5. The lowest BCUT2D eigenvalue weighted by Crippen LogP contribution is -2.20. The van der Waals surface area contributed by atoms with Crippen LogP contribution >= 0.6 is 23.4 Å². The van der Waals surface area contributed by atoms with Gasteiger partial charge in [-0.3, -0.25) is 9.59 Å². The number of aliphatic carboxylic acids is 1. The SMILES string of the molecule is Cc1ccc(S[C@H](CC(=O)c2ccc(Cl)cc2)C(=O)O)cc1. The predicted octanol–water partition coefficient (Wildman–Crippen LogP) is 4.47. The highest BCUT2D eigenvalue weighted by Crippen LogP contribution is 2.27. The summed E-state index contributed by atoms with van der Waals surface area (Å²) < 4.78 is 0. The van der Waals surface area contributed by atoms with Crippen LogP contribution in [0, 0.1) is 6.92 Å². The molecule has 0 saturated carbocycles. The van der Waals surface area contributed by atoms with Crippen molar-refractivity contribution in [1.29, 1.82) is 0 Å². The van der Waals surface area contributed by atoms with Crippen LogP contribution < -0.4 is 0 Å². The summed E-state index contributed by atoms with van der Waals surface area (Å²) in [7, 11) is 0. The Kier molecular flexibility index (Phi) is 5.63. The number of hydrogen-bond acceptors (Lipinski definition) is 3. The van der Waals surface area contributed by atoms with Crippen molar-refractivity contribution in [2.24, 2.45) is 0 Å². The van der Waals surface area contributed by atoms with Crippen LogP contribution in [-0.2, 0) is 4.79 Å². The molecule has 0 radical (unpaired) electrons. The number of ketones is 1. The van der Waals surface area contributed by atoms with E-state index in [1.807, 2.05) is 31.2 Å². The number of carboxylic acid groups (broad SMARTS) is 1. The summed E-state index contributed by atoms with van der Waals surface area (Å²) >= 11 is 6.97. The number of carbonyl (C=O) groups excluding carboxylic acids is 1. The summed E-state index contributed by atoms with van der Waals surface area (Å²) in [4.78, 5) is 24.4. The van der Waals surface area contributed by atoms with Gasteiger partial charge in [0.2, 0.25) is 0 Å². The highest BCUT2D eigenvalue weighted by molar-refractivity contribution is 8.00. The van der Waals surface area contributed by atoms with Gasteiger partial charge in [0.25, 0.3) is 0 Å². The quantitative estimate of drug-likeness (QED) is 0.625. The standard InChI is InChI=1S/C17H15ClO3S/c1-11-2-8-14(9-3-11)22-16(17(20)21)10-15(19)12-4-6-13(18)7-5-12/h2-9,16H,10H2,1H3,(H,20,21)/t16-/m1/s1. The molecule has 0 heterocycles. The van der Waals surface area contributed by atoms with Crippen LogP contribution in [0.5, 0.6) is 0 Å².